The van der Waals surface area contributed by atoms with Gasteiger partial charge in [0.2, 0.25) is 0 Å². The number of rotatable bonds is 3. The second kappa shape index (κ2) is 5.72. The lowest BCUT2D eigenvalue weighted by Gasteiger charge is -2.28. The van der Waals surface area contributed by atoms with Crippen LogP contribution in [0.3, 0.4) is 0 Å². The second-order valence-electron chi connectivity index (χ2n) is 4.53. The number of nitrogens with one attached hydrogen (secondary N) is 1. The Hall–Kier alpha value is -1.26. The van der Waals surface area contributed by atoms with Gasteiger partial charge in [-0.05, 0) is 18.4 Å². The van der Waals surface area contributed by atoms with Crippen molar-refractivity contribution in [1.82, 2.24) is 5.32 Å². The Morgan fingerprint density at radius 1 is 1.19 bits per heavy atom. The van der Waals surface area contributed by atoms with Crippen LogP contribution in [0.1, 0.15) is 31.2 Å². The van der Waals surface area contributed by atoms with Crippen molar-refractivity contribution in [3.05, 3.63) is 35.9 Å². The van der Waals surface area contributed by atoms with Crippen molar-refractivity contribution in [2.45, 2.75) is 38.3 Å². The van der Waals surface area contributed by atoms with Gasteiger partial charge in [-0.2, -0.15) is 0 Å². The number of hydrogen-bond acceptors (Lipinski definition) is 1. The molecule has 0 amide bonds. The Bertz CT molecular complexity index is 349. The monoisotopic (exact) mass is 213 g/mol. The Balaban J connectivity index is 1.87. The van der Waals surface area contributed by atoms with Gasteiger partial charge in [-0.15, -0.1) is 12.3 Å². The van der Waals surface area contributed by atoms with Crippen molar-refractivity contribution < 1.29 is 0 Å². The maximum atomic E-state index is 5.57. The van der Waals surface area contributed by atoms with Crippen LogP contribution in [0.15, 0.2) is 30.3 Å². The summed E-state index contributed by atoms with van der Waals surface area (Å²) >= 11 is 0. The minimum Gasteiger partial charge on any atom is -0.309 e. The van der Waals surface area contributed by atoms with Gasteiger partial charge in [-0.3, -0.25) is 0 Å². The molecule has 1 aromatic rings. The first-order valence-corrected chi connectivity index (χ1v) is 6.13. The van der Waals surface area contributed by atoms with Gasteiger partial charge >= 0.3 is 0 Å². The maximum Gasteiger partial charge on any atom is 0.0353 e. The van der Waals surface area contributed by atoms with Crippen molar-refractivity contribution in [3.8, 4) is 12.3 Å². The fourth-order valence-electron chi connectivity index (χ4n) is 2.42. The molecule has 16 heavy (non-hydrogen) atoms. The molecule has 0 aromatic heterocycles. The summed E-state index contributed by atoms with van der Waals surface area (Å²) in [5.41, 5.74) is 1.34. The summed E-state index contributed by atoms with van der Waals surface area (Å²) in [6.07, 6.45) is 10.6. The molecule has 1 N–H and O–H groups in total. The van der Waals surface area contributed by atoms with E-state index in [1.165, 1.54) is 31.2 Å². The molecule has 0 radical (unpaired) electrons. The first-order chi connectivity index (χ1) is 7.90. The van der Waals surface area contributed by atoms with Crippen molar-refractivity contribution in [3.63, 3.8) is 0 Å². The summed E-state index contributed by atoms with van der Waals surface area (Å²) in [5, 5.41) is 3.60. The van der Waals surface area contributed by atoms with Crippen LogP contribution < -0.4 is 5.32 Å². The maximum absolute atomic E-state index is 5.57. The molecule has 2 rings (SSSR count). The van der Waals surface area contributed by atoms with Gasteiger partial charge in [0, 0.05) is 18.5 Å². The molecule has 0 bridgehead atoms. The normalized spacial score (nSPS) is 24.9. The number of benzene rings is 1. The first-order valence-electron chi connectivity index (χ1n) is 6.13. The van der Waals surface area contributed by atoms with Crippen LogP contribution >= 0.6 is 0 Å². The lowest BCUT2D eigenvalue weighted by molar-refractivity contribution is 0.313. The SMILES string of the molecule is C#C[C@H]1CCCC[C@H]1NCc1ccccc1. The average molecular weight is 213 g/mol. The summed E-state index contributed by atoms with van der Waals surface area (Å²) < 4.78 is 0. The molecule has 0 spiro atoms. The highest BCUT2D eigenvalue weighted by Gasteiger charge is 2.22. The Morgan fingerprint density at radius 2 is 1.94 bits per heavy atom. The summed E-state index contributed by atoms with van der Waals surface area (Å²) in [5.74, 6) is 3.36. The molecule has 1 aliphatic carbocycles. The number of hydrogen-bond donors (Lipinski definition) is 1. The molecular formula is C15H19N. The lowest BCUT2D eigenvalue weighted by Crippen LogP contribution is -2.37. The standard InChI is InChI=1S/C15H19N/c1-2-14-10-6-7-11-15(14)16-12-13-8-4-3-5-9-13/h1,3-5,8-9,14-16H,6-7,10-12H2/t14-,15+/m0/s1. The topological polar surface area (TPSA) is 12.0 Å². The van der Waals surface area contributed by atoms with E-state index in [0.29, 0.717) is 12.0 Å². The lowest BCUT2D eigenvalue weighted by atomic mass is 9.85. The van der Waals surface area contributed by atoms with E-state index in [9.17, 15) is 0 Å². The van der Waals surface area contributed by atoms with Crippen LogP contribution in [0.25, 0.3) is 0 Å². The van der Waals surface area contributed by atoms with Gasteiger partial charge in [0.05, 0.1) is 0 Å². The smallest absolute Gasteiger partial charge is 0.0353 e. The van der Waals surface area contributed by atoms with Crippen LogP contribution in [0, 0.1) is 18.3 Å². The molecule has 1 aliphatic rings. The van der Waals surface area contributed by atoms with Crippen molar-refractivity contribution in [2.75, 3.05) is 0 Å². The zero-order chi connectivity index (χ0) is 11.2. The van der Waals surface area contributed by atoms with E-state index in [-0.39, 0.29) is 0 Å². The van der Waals surface area contributed by atoms with Crippen LogP contribution in [0.4, 0.5) is 0 Å². The van der Waals surface area contributed by atoms with Gasteiger partial charge < -0.3 is 5.32 Å². The Labute approximate surface area is 98.3 Å². The third-order valence-electron chi connectivity index (χ3n) is 3.39. The van der Waals surface area contributed by atoms with Gasteiger partial charge in [0.15, 0.2) is 0 Å². The van der Waals surface area contributed by atoms with Crippen molar-refractivity contribution >= 4 is 0 Å². The molecule has 0 aliphatic heterocycles. The fourth-order valence-corrected chi connectivity index (χ4v) is 2.42. The molecule has 1 nitrogen and oxygen atoms in total. The van der Waals surface area contributed by atoms with E-state index >= 15 is 0 Å². The third kappa shape index (κ3) is 2.87. The summed E-state index contributed by atoms with van der Waals surface area (Å²) in [6.45, 7) is 0.934. The summed E-state index contributed by atoms with van der Waals surface area (Å²) in [7, 11) is 0. The molecule has 0 saturated heterocycles. The molecule has 1 heteroatoms. The largest absolute Gasteiger partial charge is 0.309 e. The van der Waals surface area contributed by atoms with Crippen molar-refractivity contribution in [2.24, 2.45) is 5.92 Å². The van der Waals surface area contributed by atoms with Gasteiger partial charge in [0.1, 0.15) is 0 Å². The predicted octanol–water partition coefficient (Wildman–Crippen LogP) is 2.97. The minimum atomic E-state index is 0.428. The molecular weight excluding hydrogens is 194 g/mol. The van der Waals surface area contributed by atoms with E-state index in [0.717, 1.165) is 6.54 Å². The third-order valence-corrected chi connectivity index (χ3v) is 3.39. The molecule has 1 fully saturated rings. The van der Waals surface area contributed by atoms with E-state index in [4.69, 9.17) is 6.42 Å². The highest BCUT2D eigenvalue weighted by molar-refractivity contribution is 5.14. The fraction of sp³-hybridized carbons (Fsp3) is 0.467. The van der Waals surface area contributed by atoms with Gasteiger partial charge in [-0.1, -0.05) is 43.2 Å². The molecule has 0 unspecified atom stereocenters. The molecule has 1 aromatic carbocycles. The van der Waals surface area contributed by atoms with Crippen LogP contribution in [-0.4, -0.2) is 6.04 Å². The predicted molar refractivity (Wildman–Crippen MR) is 67.9 cm³/mol. The van der Waals surface area contributed by atoms with Gasteiger partial charge in [-0.25, -0.2) is 0 Å². The molecule has 0 heterocycles. The van der Waals surface area contributed by atoms with E-state index in [1.54, 1.807) is 0 Å². The van der Waals surface area contributed by atoms with E-state index in [2.05, 4.69) is 35.5 Å². The summed E-state index contributed by atoms with van der Waals surface area (Å²) in [6, 6.07) is 11.0. The van der Waals surface area contributed by atoms with Gasteiger partial charge in [0.25, 0.3) is 0 Å². The zero-order valence-electron chi connectivity index (χ0n) is 9.65. The highest BCUT2D eigenvalue weighted by atomic mass is 14.9. The van der Waals surface area contributed by atoms with Crippen LogP contribution in [0.5, 0.6) is 0 Å². The van der Waals surface area contributed by atoms with Crippen molar-refractivity contribution in [1.29, 1.82) is 0 Å². The second-order valence-corrected chi connectivity index (χ2v) is 4.53. The summed E-state index contributed by atoms with van der Waals surface area (Å²) in [4.78, 5) is 0. The van der Waals surface area contributed by atoms with E-state index in [1.807, 2.05) is 6.07 Å². The van der Waals surface area contributed by atoms with Crippen LogP contribution in [0.2, 0.25) is 0 Å². The number of terminal acetylenes is 1. The molecule has 84 valence electrons. The van der Waals surface area contributed by atoms with E-state index < -0.39 is 0 Å². The zero-order valence-corrected chi connectivity index (χ0v) is 9.65. The Morgan fingerprint density at radius 3 is 2.69 bits per heavy atom. The minimum absolute atomic E-state index is 0.428. The quantitative estimate of drug-likeness (QED) is 0.761. The average Bonchev–Trinajstić information content (AvgIpc) is 2.38. The van der Waals surface area contributed by atoms with Crippen LogP contribution in [-0.2, 0) is 6.54 Å². The first kappa shape index (κ1) is 11.2. The molecule has 2 atom stereocenters. The molecule has 1 saturated carbocycles. The highest BCUT2D eigenvalue weighted by Crippen LogP contribution is 2.23. The Kier molecular flexibility index (Phi) is 4.02.